The number of tetrazole rings is 1. The van der Waals surface area contributed by atoms with E-state index in [0.717, 1.165) is 37.2 Å². The van der Waals surface area contributed by atoms with Crippen molar-refractivity contribution < 1.29 is 4.79 Å². The van der Waals surface area contributed by atoms with Gasteiger partial charge in [-0.15, -0.1) is 5.10 Å². The van der Waals surface area contributed by atoms with E-state index in [1.807, 2.05) is 36.1 Å². The summed E-state index contributed by atoms with van der Waals surface area (Å²) >= 11 is 1.39. The maximum atomic E-state index is 12.1. The summed E-state index contributed by atoms with van der Waals surface area (Å²) in [7, 11) is 0. The van der Waals surface area contributed by atoms with Crippen LogP contribution in [0.2, 0.25) is 0 Å². The van der Waals surface area contributed by atoms with Gasteiger partial charge in [-0.05, 0) is 47.9 Å². The zero-order valence-electron chi connectivity index (χ0n) is 11.9. The predicted octanol–water partition coefficient (Wildman–Crippen LogP) is 1.69. The molecule has 0 unspecified atom stereocenters. The van der Waals surface area contributed by atoms with Crippen LogP contribution in [0.25, 0.3) is 5.69 Å². The quantitative estimate of drug-likeness (QED) is 0.804. The van der Waals surface area contributed by atoms with E-state index in [-0.39, 0.29) is 5.91 Å². The highest BCUT2D eigenvalue weighted by Gasteiger charge is 2.19. The van der Waals surface area contributed by atoms with Gasteiger partial charge in [-0.2, -0.15) is 4.68 Å². The molecule has 0 bridgehead atoms. The van der Waals surface area contributed by atoms with E-state index in [2.05, 4.69) is 15.5 Å². The molecule has 2 aromatic rings. The Labute approximate surface area is 127 Å². The van der Waals surface area contributed by atoms with Gasteiger partial charge in [0.25, 0.3) is 0 Å². The van der Waals surface area contributed by atoms with Crippen LogP contribution < -0.4 is 0 Å². The Bertz CT molecular complexity index is 636. The van der Waals surface area contributed by atoms with Crippen molar-refractivity contribution in [3.05, 3.63) is 29.8 Å². The van der Waals surface area contributed by atoms with Gasteiger partial charge < -0.3 is 4.90 Å². The monoisotopic (exact) mass is 303 g/mol. The first kappa shape index (κ1) is 14.1. The number of likely N-dealkylation sites (tertiary alicyclic amines) is 1. The molecule has 0 atom stereocenters. The fourth-order valence-electron chi connectivity index (χ4n) is 2.37. The van der Waals surface area contributed by atoms with Gasteiger partial charge in [0.15, 0.2) is 0 Å². The minimum atomic E-state index is 0.163. The standard InChI is InChI=1S/C14H17N5OS/c1-11-5-4-6-12(9-11)19-14(15-16-17-19)21-10-13(20)18-7-2-3-8-18/h4-6,9H,2-3,7-8,10H2,1H3. The molecule has 1 aromatic carbocycles. The van der Waals surface area contributed by atoms with E-state index in [1.54, 1.807) is 4.68 Å². The SMILES string of the molecule is Cc1cccc(-n2nnnc2SCC(=O)N2CCCC2)c1. The van der Waals surface area contributed by atoms with Crippen molar-refractivity contribution in [2.75, 3.05) is 18.8 Å². The minimum Gasteiger partial charge on any atom is -0.342 e. The summed E-state index contributed by atoms with van der Waals surface area (Å²) in [6, 6.07) is 7.96. The van der Waals surface area contributed by atoms with E-state index in [4.69, 9.17) is 0 Å². The number of aryl methyl sites for hydroxylation is 1. The van der Waals surface area contributed by atoms with Gasteiger partial charge in [-0.25, -0.2) is 0 Å². The van der Waals surface area contributed by atoms with Crippen LogP contribution in [-0.2, 0) is 4.79 Å². The second kappa shape index (κ2) is 6.26. The second-order valence-corrected chi connectivity index (χ2v) is 6.03. The zero-order chi connectivity index (χ0) is 14.7. The number of hydrogen-bond acceptors (Lipinski definition) is 5. The Morgan fingerprint density at radius 1 is 1.33 bits per heavy atom. The normalized spacial score (nSPS) is 14.6. The fraction of sp³-hybridized carbons (Fsp3) is 0.429. The topological polar surface area (TPSA) is 63.9 Å². The molecule has 7 heteroatoms. The molecular weight excluding hydrogens is 286 g/mol. The van der Waals surface area contributed by atoms with Crippen molar-refractivity contribution in [1.29, 1.82) is 0 Å². The molecule has 3 rings (SSSR count). The number of rotatable bonds is 4. The van der Waals surface area contributed by atoms with Crippen LogP contribution in [-0.4, -0.2) is 49.9 Å². The number of carbonyl (C=O) groups is 1. The average Bonchev–Trinajstić information content (AvgIpc) is 3.16. The number of amides is 1. The Morgan fingerprint density at radius 3 is 2.90 bits per heavy atom. The Morgan fingerprint density at radius 2 is 2.14 bits per heavy atom. The summed E-state index contributed by atoms with van der Waals surface area (Å²) in [5, 5.41) is 12.4. The van der Waals surface area contributed by atoms with Crippen molar-refractivity contribution in [2.45, 2.75) is 24.9 Å². The molecule has 0 aliphatic carbocycles. The van der Waals surface area contributed by atoms with Crippen molar-refractivity contribution in [3.8, 4) is 5.69 Å². The van der Waals surface area contributed by atoms with Crippen LogP contribution in [0.3, 0.4) is 0 Å². The third-order valence-corrected chi connectivity index (χ3v) is 4.37. The molecule has 1 fully saturated rings. The lowest BCUT2D eigenvalue weighted by Crippen LogP contribution is -2.29. The summed E-state index contributed by atoms with van der Waals surface area (Å²) in [5.74, 6) is 0.544. The summed E-state index contributed by atoms with van der Waals surface area (Å²) in [6.45, 7) is 3.78. The third kappa shape index (κ3) is 3.24. The molecule has 1 aromatic heterocycles. The first-order valence-electron chi connectivity index (χ1n) is 7.00. The molecule has 110 valence electrons. The van der Waals surface area contributed by atoms with Crippen molar-refractivity contribution >= 4 is 17.7 Å². The second-order valence-electron chi connectivity index (χ2n) is 5.09. The Balaban J connectivity index is 1.69. The third-order valence-electron chi connectivity index (χ3n) is 3.47. The molecular formula is C14H17N5OS. The van der Waals surface area contributed by atoms with E-state index in [0.29, 0.717) is 10.9 Å². The highest BCUT2D eigenvalue weighted by atomic mass is 32.2. The summed E-state index contributed by atoms with van der Waals surface area (Å²) in [4.78, 5) is 14.0. The molecule has 1 amide bonds. The number of carbonyl (C=O) groups excluding carboxylic acids is 1. The van der Waals surface area contributed by atoms with E-state index >= 15 is 0 Å². The first-order chi connectivity index (χ1) is 10.2. The highest BCUT2D eigenvalue weighted by Crippen LogP contribution is 2.20. The lowest BCUT2D eigenvalue weighted by molar-refractivity contribution is -0.127. The number of aromatic nitrogens is 4. The number of benzene rings is 1. The van der Waals surface area contributed by atoms with Crippen molar-refractivity contribution in [3.63, 3.8) is 0 Å². The molecule has 21 heavy (non-hydrogen) atoms. The first-order valence-corrected chi connectivity index (χ1v) is 7.98. The molecule has 1 aliphatic heterocycles. The smallest absolute Gasteiger partial charge is 0.233 e. The summed E-state index contributed by atoms with van der Waals surface area (Å²) < 4.78 is 1.68. The van der Waals surface area contributed by atoms with Crippen molar-refractivity contribution in [2.24, 2.45) is 0 Å². The fourth-order valence-corrected chi connectivity index (χ4v) is 3.17. The lowest BCUT2D eigenvalue weighted by Gasteiger charge is -2.14. The van der Waals surface area contributed by atoms with E-state index in [9.17, 15) is 4.79 Å². The maximum absolute atomic E-state index is 12.1. The molecule has 6 nitrogen and oxygen atoms in total. The average molecular weight is 303 g/mol. The number of hydrogen-bond donors (Lipinski definition) is 0. The van der Waals surface area contributed by atoms with E-state index in [1.165, 1.54) is 11.8 Å². The van der Waals surface area contributed by atoms with Crippen LogP contribution in [0.15, 0.2) is 29.4 Å². The van der Waals surface area contributed by atoms with Gasteiger partial charge in [0.1, 0.15) is 0 Å². The largest absolute Gasteiger partial charge is 0.342 e. The molecule has 0 N–H and O–H groups in total. The van der Waals surface area contributed by atoms with Crippen LogP contribution >= 0.6 is 11.8 Å². The molecule has 2 heterocycles. The molecule has 1 saturated heterocycles. The van der Waals surface area contributed by atoms with Gasteiger partial charge in [-0.3, -0.25) is 4.79 Å². The predicted molar refractivity (Wildman–Crippen MR) is 80.4 cm³/mol. The van der Waals surface area contributed by atoms with Gasteiger partial charge in [-0.1, -0.05) is 23.9 Å². The molecule has 0 saturated carbocycles. The van der Waals surface area contributed by atoms with Gasteiger partial charge in [0.2, 0.25) is 11.1 Å². The molecule has 0 radical (unpaired) electrons. The number of nitrogens with zero attached hydrogens (tertiary/aromatic N) is 5. The van der Waals surface area contributed by atoms with Crippen LogP contribution in [0.1, 0.15) is 18.4 Å². The molecule has 1 aliphatic rings. The van der Waals surface area contributed by atoms with Crippen LogP contribution in [0, 0.1) is 6.92 Å². The van der Waals surface area contributed by atoms with Crippen molar-refractivity contribution in [1.82, 2.24) is 25.1 Å². The van der Waals surface area contributed by atoms with Gasteiger partial charge >= 0.3 is 0 Å². The van der Waals surface area contributed by atoms with Gasteiger partial charge in [0.05, 0.1) is 11.4 Å². The van der Waals surface area contributed by atoms with Crippen LogP contribution in [0.5, 0.6) is 0 Å². The van der Waals surface area contributed by atoms with Gasteiger partial charge in [0, 0.05) is 13.1 Å². The Kier molecular flexibility index (Phi) is 4.19. The minimum absolute atomic E-state index is 0.163. The van der Waals surface area contributed by atoms with Crippen LogP contribution in [0.4, 0.5) is 0 Å². The number of thioether (sulfide) groups is 1. The summed E-state index contributed by atoms with van der Waals surface area (Å²) in [6.07, 6.45) is 2.22. The Hall–Kier alpha value is -1.89. The zero-order valence-corrected chi connectivity index (χ0v) is 12.7. The van der Waals surface area contributed by atoms with E-state index < -0.39 is 0 Å². The lowest BCUT2D eigenvalue weighted by atomic mass is 10.2. The highest BCUT2D eigenvalue weighted by molar-refractivity contribution is 7.99. The maximum Gasteiger partial charge on any atom is 0.233 e. The summed E-state index contributed by atoms with van der Waals surface area (Å²) in [5.41, 5.74) is 2.06. The molecule has 0 spiro atoms.